The number of fused-ring (bicyclic) bond motifs is 1. The summed E-state index contributed by atoms with van der Waals surface area (Å²) in [5.74, 6) is 0. The molecule has 3 aromatic rings. The molecule has 1 aromatic heterocycles. The van der Waals surface area contributed by atoms with Gasteiger partial charge in [0.2, 0.25) is 0 Å². The van der Waals surface area contributed by atoms with E-state index in [0.717, 1.165) is 11.9 Å². The number of piperidine rings is 1. The first-order valence-corrected chi connectivity index (χ1v) is 13.1. The van der Waals surface area contributed by atoms with Crippen LogP contribution in [-0.2, 0) is 20.3 Å². The number of aromatic nitrogens is 1. The number of benzene rings is 2. The van der Waals surface area contributed by atoms with E-state index in [9.17, 15) is 18.3 Å². The van der Waals surface area contributed by atoms with Gasteiger partial charge >= 0.3 is 0 Å². The summed E-state index contributed by atoms with van der Waals surface area (Å²) in [6.07, 6.45) is 2.67. The molecule has 1 atom stereocenters. The van der Waals surface area contributed by atoms with Crippen LogP contribution in [0.1, 0.15) is 37.9 Å². The third kappa shape index (κ3) is 4.57. The van der Waals surface area contributed by atoms with E-state index in [4.69, 9.17) is 0 Å². The number of hydrogen-bond donors (Lipinski definition) is 1. The van der Waals surface area contributed by atoms with Crippen molar-refractivity contribution in [3.05, 3.63) is 53.7 Å². The Balaban J connectivity index is 1.96. The second-order valence-corrected chi connectivity index (χ2v) is 11.6. The van der Waals surface area contributed by atoms with Crippen molar-refractivity contribution in [3.63, 3.8) is 0 Å². The molecule has 1 aliphatic heterocycles. The van der Waals surface area contributed by atoms with Crippen molar-refractivity contribution >= 4 is 32.7 Å². The van der Waals surface area contributed by atoms with Crippen LogP contribution in [0.2, 0.25) is 0 Å². The maximum Gasteiger partial charge on any atom is 0.190 e. The van der Waals surface area contributed by atoms with Crippen LogP contribution >= 0.6 is 0 Å². The van der Waals surface area contributed by atoms with Crippen LogP contribution < -0.4 is 4.90 Å². The molecule has 1 unspecified atom stereocenters. The molecule has 8 heteroatoms. The van der Waals surface area contributed by atoms with Gasteiger partial charge in [-0.2, -0.15) is 0 Å². The van der Waals surface area contributed by atoms with Crippen molar-refractivity contribution in [1.29, 1.82) is 0 Å². The highest BCUT2D eigenvalue weighted by Gasteiger charge is 2.33. The number of aldehydes is 1. The van der Waals surface area contributed by atoms with Crippen LogP contribution in [0, 0.1) is 6.92 Å². The molecule has 1 aliphatic rings. The minimum Gasteiger partial charge on any atom is -0.390 e. The number of anilines is 1. The van der Waals surface area contributed by atoms with Gasteiger partial charge in [-0.25, -0.2) is 12.8 Å². The number of hydrogen-bond acceptors (Lipinski definition) is 6. The first-order chi connectivity index (χ1) is 15.8. The van der Waals surface area contributed by atoms with Crippen molar-refractivity contribution in [2.45, 2.75) is 49.8 Å². The van der Waals surface area contributed by atoms with Gasteiger partial charge in [-0.1, -0.05) is 12.1 Å². The quantitative estimate of drug-likeness (QED) is 0.542. The molecular weight excluding hydrogens is 455 g/mol. The summed E-state index contributed by atoms with van der Waals surface area (Å²) in [7, 11) is -3.40. The molecule has 6 nitrogen and oxygen atoms in total. The van der Waals surface area contributed by atoms with Crippen molar-refractivity contribution in [3.8, 4) is 11.1 Å². The van der Waals surface area contributed by atoms with E-state index in [2.05, 4.69) is 9.88 Å². The predicted octanol–water partition coefficient (Wildman–Crippen LogP) is 4.35. The van der Waals surface area contributed by atoms with Gasteiger partial charge in [0.05, 0.1) is 16.0 Å². The Morgan fingerprint density at radius 1 is 1.15 bits per heavy atom. The summed E-state index contributed by atoms with van der Waals surface area (Å²) < 4.78 is 39.4. The van der Waals surface area contributed by atoms with Crippen LogP contribution in [0.3, 0.4) is 0 Å². The Hall–Kier alpha value is -2.84. The Kier molecular flexibility index (Phi) is 6.02. The second kappa shape index (κ2) is 8.43. The smallest absolute Gasteiger partial charge is 0.190 e. The second-order valence-electron chi connectivity index (χ2n) is 9.62. The van der Waals surface area contributed by atoms with Gasteiger partial charge in [0.1, 0.15) is 0 Å². The first-order valence-electron chi connectivity index (χ1n) is 11.2. The lowest BCUT2D eigenvalue weighted by Gasteiger charge is -2.37. The van der Waals surface area contributed by atoms with Gasteiger partial charge in [0.15, 0.2) is 21.8 Å². The van der Waals surface area contributed by atoms with E-state index in [1.807, 2.05) is 25.1 Å². The largest absolute Gasteiger partial charge is 0.390 e. The van der Waals surface area contributed by atoms with E-state index in [0.29, 0.717) is 53.7 Å². The van der Waals surface area contributed by atoms with Crippen LogP contribution in [0.5, 0.6) is 0 Å². The van der Waals surface area contributed by atoms with Crippen molar-refractivity contribution in [1.82, 2.24) is 4.98 Å². The van der Waals surface area contributed by atoms with Crippen LogP contribution in [-0.4, -0.2) is 49.7 Å². The highest BCUT2D eigenvalue weighted by Crippen LogP contribution is 2.41. The van der Waals surface area contributed by atoms with Gasteiger partial charge in [0.25, 0.3) is 0 Å². The number of aryl methyl sites for hydroxylation is 1. The molecule has 180 valence electrons. The molecule has 0 aliphatic carbocycles. The van der Waals surface area contributed by atoms with Crippen LogP contribution in [0.4, 0.5) is 10.1 Å². The fraction of sp³-hybridized carbons (Fsp3) is 0.385. The highest BCUT2D eigenvalue weighted by atomic mass is 32.2. The Bertz CT molecular complexity index is 1360. The standard InChI is InChI=1S/C26H29FN2O4S/c1-17-24(26(3,27)16-30)23(18-5-8-20(9-6-18)34(4,32)33)21-15-19(7-10-22(21)28-17)29-13-11-25(2,31)12-14-29/h5-10,15-16,31H,11-14H2,1-4H3. The molecule has 0 radical (unpaired) electrons. The molecule has 0 bridgehead atoms. The molecule has 1 fully saturated rings. The molecule has 1 saturated heterocycles. The lowest BCUT2D eigenvalue weighted by atomic mass is 9.86. The molecule has 0 spiro atoms. The summed E-state index contributed by atoms with van der Waals surface area (Å²) >= 11 is 0. The lowest BCUT2D eigenvalue weighted by molar-refractivity contribution is -0.117. The highest BCUT2D eigenvalue weighted by molar-refractivity contribution is 7.90. The predicted molar refractivity (Wildman–Crippen MR) is 132 cm³/mol. The minimum atomic E-state index is -3.40. The zero-order valence-electron chi connectivity index (χ0n) is 19.8. The van der Waals surface area contributed by atoms with Gasteiger partial charge < -0.3 is 10.0 Å². The third-order valence-electron chi connectivity index (χ3n) is 6.64. The third-order valence-corrected chi connectivity index (χ3v) is 7.76. The number of alkyl halides is 1. The minimum absolute atomic E-state index is 0.160. The summed E-state index contributed by atoms with van der Waals surface area (Å²) in [5, 5.41) is 11.0. The molecule has 2 heterocycles. The van der Waals surface area contributed by atoms with E-state index >= 15 is 4.39 Å². The monoisotopic (exact) mass is 484 g/mol. The zero-order valence-corrected chi connectivity index (χ0v) is 20.6. The lowest BCUT2D eigenvalue weighted by Crippen LogP contribution is -2.42. The van der Waals surface area contributed by atoms with Crippen LogP contribution in [0.15, 0.2) is 47.4 Å². The normalized spacial score (nSPS) is 18.0. The van der Waals surface area contributed by atoms with Crippen molar-refractivity contribution in [2.24, 2.45) is 0 Å². The molecule has 4 rings (SSSR count). The van der Waals surface area contributed by atoms with Crippen LogP contribution in [0.25, 0.3) is 22.0 Å². The number of rotatable bonds is 5. The number of carbonyl (C=O) groups excluding carboxylic acids is 1. The summed E-state index contributed by atoms with van der Waals surface area (Å²) in [5.41, 5.74) is 0.280. The maximum absolute atomic E-state index is 15.6. The average Bonchev–Trinajstić information content (AvgIpc) is 2.77. The Morgan fingerprint density at radius 3 is 2.32 bits per heavy atom. The number of carbonyl (C=O) groups is 1. The number of halogens is 1. The van der Waals surface area contributed by atoms with E-state index in [1.54, 1.807) is 19.1 Å². The van der Waals surface area contributed by atoms with Gasteiger partial charge in [-0.3, -0.25) is 9.78 Å². The van der Waals surface area contributed by atoms with E-state index in [1.165, 1.54) is 19.1 Å². The molecule has 1 N–H and O–H groups in total. The fourth-order valence-electron chi connectivity index (χ4n) is 4.64. The number of sulfone groups is 1. The molecule has 0 amide bonds. The molecule has 2 aromatic carbocycles. The van der Waals surface area contributed by atoms with E-state index < -0.39 is 21.1 Å². The molecular formula is C26H29FN2O4S. The number of pyridine rings is 1. The fourth-order valence-corrected chi connectivity index (χ4v) is 5.27. The number of aliphatic hydroxyl groups is 1. The van der Waals surface area contributed by atoms with Gasteiger partial charge in [-0.15, -0.1) is 0 Å². The molecule has 0 saturated carbocycles. The SMILES string of the molecule is Cc1nc2ccc(N3CCC(C)(O)CC3)cc2c(-c2ccc(S(C)(=O)=O)cc2)c1C(C)(F)C=O. The summed E-state index contributed by atoms with van der Waals surface area (Å²) in [6.45, 7) is 6.08. The summed E-state index contributed by atoms with van der Waals surface area (Å²) in [4.78, 5) is 18.7. The van der Waals surface area contributed by atoms with Gasteiger partial charge in [0, 0.05) is 41.7 Å². The zero-order chi connectivity index (χ0) is 24.9. The number of nitrogens with zero attached hydrogens (tertiary/aromatic N) is 2. The van der Waals surface area contributed by atoms with Gasteiger partial charge in [-0.05, 0) is 75.1 Å². The van der Waals surface area contributed by atoms with Crippen molar-refractivity contribution in [2.75, 3.05) is 24.2 Å². The maximum atomic E-state index is 15.6. The topological polar surface area (TPSA) is 87.6 Å². The summed E-state index contributed by atoms with van der Waals surface area (Å²) in [6, 6.07) is 12.0. The van der Waals surface area contributed by atoms with E-state index in [-0.39, 0.29) is 16.7 Å². The first kappa shape index (κ1) is 24.3. The average molecular weight is 485 g/mol. The Morgan fingerprint density at radius 2 is 1.76 bits per heavy atom. The van der Waals surface area contributed by atoms with Crippen molar-refractivity contribution < 1.29 is 22.7 Å². The Labute approximate surface area is 199 Å². The molecule has 34 heavy (non-hydrogen) atoms.